The van der Waals surface area contributed by atoms with E-state index in [9.17, 15) is 13.2 Å². The van der Waals surface area contributed by atoms with Gasteiger partial charge in [-0.2, -0.15) is 18.2 Å². The lowest BCUT2D eigenvalue weighted by atomic mass is 10.1. The molecule has 8 nitrogen and oxygen atoms in total. The Morgan fingerprint density at radius 2 is 1.94 bits per heavy atom. The minimum atomic E-state index is -4.53. The molecule has 11 heteroatoms. The minimum absolute atomic E-state index is 0.234. The van der Waals surface area contributed by atoms with Crippen molar-refractivity contribution < 1.29 is 17.9 Å². The average Bonchev–Trinajstić information content (AvgIpc) is 3.53. The van der Waals surface area contributed by atoms with Gasteiger partial charge in [0.15, 0.2) is 11.6 Å². The van der Waals surface area contributed by atoms with Crippen LogP contribution in [0.2, 0.25) is 0 Å². The first kappa shape index (κ1) is 20.2. The molecule has 5 rings (SSSR count). The van der Waals surface area contributed by atoms with Gasteiger partial charge >= 0.3 is 6.18 Å². The molecule has 0 aliphatic carbocycles. The normalized spacial score (nSPS) is 14.3. The number of rotatable bonds is 5. The second kappa shape index (κ2) is 7.74. The third-order valence-electron chi connectivity index (χ3n) is 5.39. The summed E-state index contributed by atoms with van der Waals surface area (Å²) in [7, 11) is 1.21. The molecule has 0 unspecified atom stereocenters. The van der Waals surface area contributed by atoms with Gasteiger partial charge in [-0.25, -0.2) is 9.50 Å². The van der Waals surface area contributed by atoms with Crippen LogP contribution >= 0.6 is 0 Å². The zero-order chi connectivity index (χ0) is 22.3. The Labute approximate surface area is 181 Å². The molecule has 1 saturated heterocycles. The van der Waals surface area contributed by atoms with E-state index in [2.05, 4.69) is 25.3 Å². The monoisotopic (exact) mass is 443 g/mol. The molecule has 4 aromatic rings. The topological polar surface area (TPSA) is 72.5 Å². The van der Waals surface area contributed by atoms with Crippen molar-refractivity contribution in [3.8, 4) is 11.4 Å². The summed E-state index contributed by atoms with van der Waals surface area (Å²) in [5.41, 5.74) is 0.372. The number of alkyl halides is 3. The van der Waals surface area contributed by atoms with Crippen molar-refractivity contribution in [1.29, 1.82) is 0 Å². The summed E-state index contributed by atoms with van der Waals surface area (Å²) in [6.45, 7) is 1.87. The summed E-state index contributed by atoms with van der Waals surface area (Å²) in [4.78, 5) is 11.1. The summed E-state index contributed by atoms with van der Waals surface area (Å²) in [6, 6.07) is 7.72. The highest BCUT2D eigenvalue weighted by Gasteiger charge is 2.34. The van der Waals surface area contributed by atoms with E-state index in [1.54, 1.807) is 10.7 Å². The lowest BCUT2D eigenvalue weighted by Crippen LogP contribution is -2.21. The molecular weight excluding hydrogens is 423 g/mol. The molecule has 1 aliphatic rings. The smallest absolute Gasteiger partial charge is 0.420 e. The Hall–Kier alpha value is -3.76. The Kier molecular flexibility index (Phi) is 4.87. The van der Waals surface area contributed by atoms with Crippen LogP contribution in [-0.2, 0) is 6.18 Å². The Morgan fingerprint density at radius 3 is 2.69 bits per heavy atom. The number of nitrogens with one attached hydrogen (secondary N) is 1. The standard InChI is InChI=1S/C21H20F3N7O/c1-32-17-7-6-14(11-15(17)21(22,23)24)30-12-18(25-13-30)26-20-27-19(29-8-2-3-9-29)16-5-4-10-31(16)28-20/h4-7,10-13H,2-3,8-9H2,1H3,(H,26,28). The fraction of sp³-hybridized carbons (Fsp3) is 0.286. The van der Waals surface area contributed by atoms with Crippen LogP contribution < -0.4 is 15.0 Å². The Balaban J connectivity index is 1.44. The van der Waals surface area contributed by atoms with Crippen LogP contribution in [0.15, 0.2) is 49.1 Å². The molecule has 32 heavy (non-hydrogen) atoms. The number of ether oxygens (including phenoxy) is 1. The Bertz CT molecular complexity index is 1260. The van der Waals surface area contributed by atoms with E-state index in [1.165, 1.54) is 30.1 Å². The molecule has 1 N–H and O–H groups in total. The van der Waals surface area contributed by atoms with Gasteiger partial charge in [-0.1, -0.05) is 0 Å². The lowest BCUT2D eigenvalue weighted by molar-refractivity contribution is -0.138. The molecule has 1 aromatic carbocycles. The van der Waals surface area contributed by atoms with E-state index in [4.69, 9.17) is 4.74 Å². The van der Waals surface area contributed by atoms with Crippen LogP contribution in [0.4, 0.5) is 30.8 Å². The second-order valence-electron chi connectivity index (χ2n) is 7.46. The van der Waals surface area contributed by atoms with Crippen LogP contribution in [0.3, 0.4) is 0 Å². The van der Waals surface area contributed by atoms with Crippen molar-refractivity contribution in [2.75, 3.05) is 30.4 Å². The maximum absolute atomic E-state index is 13.4. The van der Waals surface area contributed by atoms with Crippen LogP contribution in [-0.4, -0.2) is 44.3 Å². The van der Waals surface area contributed by atoms with E-state index < -0.39 is 11.7 Å². The summed E-state index contributed by atoms with van der Waals surface area (Å²) in [6.07, 6.45) is 2.56. The van der Waals surface area contributed by atoms with Gasteiger partial charge in [0.25, 0.3) is 0 Å². The van der Waals surface area contributed by atoms with Gasteiger partial charge in [-0.05, 0) is 43.2 Å². The first-order chi connectivity index (χ1) is 15.4. The number of anilines is 3. The van der Waals surface area contributed by atoms with E-state index in [1.807, 2.05) is 18.3 Å². The molecule has 1 aliphatic heterocycles. The van der Waals surface area contributed by atoms with Gasteiger partial charge in [-0.15, -0.1) is 5.10 Å². The molecular formula is C21H20F3N7O. The molecule has 0 radical (unpaired) electrons. The summed E-state index contributed by atoms with van der Waals surface area (Å²) in [5.74, 6) is 1.37. The van der Waals surface area contributed by atoms with Crippen molar-refractivity contribution in [2.45, 2.75) is 19.0 Å². The molecule has 4 heterocycles. The van der Waals surface area contributed by atoms with E-state index in [0.29, 0.717) is 17.5 Å². The van der Waals surface area contributed by atoms with Crippen LogP contribution in [0.5, 0.6) is 5.75 Å². The van der Waals surface area contributed by atoms with Crippen LogP contribution in [0.25, 0.3) is 11.2 Å². The van der Waals surface area contributed by atoms with E-state index in [-0.39, 0.29) is 5.75 Å². The van der Waals surface area contributed by atoms with Gasteiger partial charge in [0.1, 0.15) is 17.6 Å². The average molecular weight is 443 g/mol. The molecule has 166 valence electrons. The lowest BCUT2D eigenvalue weighted by Gasteiger charge is -2.18. The molecule has 0 atom stereocenters. The molecule has 0 amide bonds. The third-order valence-corrected chi connectivity index (χ3v) is 5.39. The summed E-state index contributed by atoms with van der Waals surface area (Å²) >= 11 is 0. The predicted octanol–water partition coefficient (Wildman–Crippen LogP) is 4.29. The Morgan fingerprint density at radius 1 is 1.12 bits per heavy atom. The highest BCUT2D eigenvalue weighted by molar-refractivity contribution is 5.71. The second-order valence-corrected chi connectivity index (χ2v) is 7.46. The number of imidazole rings is 1. The van der Waals surface area contributed by atoms with E-state index >= 15 is 0 Å². The SMILES string of the molecule is COc1ccc(-n2cnc(Nc3nc(N4CCCC4)c4cccn4n3)c2)cc1C(F)(F)F. The first-order valence-electron chi connectivity index (χ1n) is 10.1. The van der Waals surface area contributed by atoms with Gasteiger partial charge in [0.05, 0.1) is 18.9 Å². The zero-order valence-corrected chi connectivity index (χ0v) is 17.2. The molecule has 0 spiro atoms. The van der Waals surface area contributed by atoms with Crippen molar-refractivity contribution in [3.63, 3.8) is 0 Å². The number of hydrogen-bond acceptors (Lipinski definition) is 6. The van der Waals surface area contributed by atoms with Gasteiger partial charge in [-0.3, -0.25) is 0 Å². The van der Waals surface area contributed by atoms with Crippen molar-refractivity contribution in [1.82, 2.24) is 24.1 Å². The number of hydrogen-bond donors (Lipinski definition) is 1. The largest absolute Gasteiger partial charge is 0.496 e. The van der Waals surface area contributed by atoms with E-state index in [0.717, 1.165) is 43.3 Å². The number of aromatic nitrogens is 5. The highest BCUT2D eigenvalue weighted by atomic mass is 19.4. The van der Waals surface area contributed by atoms with Gasteiger partial charge < -0.3 is 19.5 Å². The molecule has 3 aromatic heterocycles. The highest BCUT2D eigenvalue weighted by Crippen LogP contribution is 2.37. The number of benzene rings is 1. The maximum atomic E-state index is 13.4. The maximum Gasteiger partial charge on any atom is 0.420 e. The summed E-state index contributed by atoms with van der Waals surface area (Å²) in [5, 5.41) is 7.53. The molecule has 0 bridgehead atoms. The fourth-order valence-electron chi connectivity index (χ4n) is 3.85. The quantitative estimate of drug-likeness (QED) is 0.496. The van der Waals surface area contributed by atoms with Gasteiger partial charge in [0, 0.05) is 25.0 Å². The number of fused-ring (bicyclic) bond motifs is 1. The van der Waals surface area contributed by atoms with Crippen molar-refractivity contribution in [2.24, 2.45) is 0 Å². The summed E-state index contributed by atoms with van der Waals surface area (Å²) < 4.78 is 48.1. The fourth-order valence-corrected chi connectivity index (χ4v) is 3.85. The van der Waals surface area contributed by atoms with Gasteiger partial charge in [0.2, 0.25) is 5.95 Å². The predicted molar refractivity (Wildman–Crippen MR) is 113 cm³/mol. The number of methoxy groups -OCH3 is 1. The minimum Gasteiger partial charge on any atom is -0.496 e. The molecule has 0 saturated carbocycles. The third kappa shape index (κ3) is 3.70. The first-order valence-corrected chi connectivity index (χ1v) is 10.1. The van der Waals surface area contributed by atoms with Crippen LogP contribution in [0.1, 0.15) is 18.4 Å². The zero-order valence-electron chi connectivity index (χ0n) is 17.2. The number of halogens is 3. The van der Waals surface area contributed by atoms with Crippen LogP contribution in [0, 0.1) is 0 Å². The molecule has 1 fully saturated rings. The van der Waals surface area contributed by atoms with Crippen molar-refractivity contribution >= 4 is 23.1 Å². The number of nitrogens with zero attached hydrogens (tertiary/aromatic N) is 6. The van der Waals surface area contributed by atoms with Crippen molar-refractivity contribution in [3.05, 3.63) is 54.6 Å².